The quantitative estimate of drug-likeness (QED) is 0.242. The molecule has 3 aromatic rings. The number of aromatic nitrogens is 3. The Morgan fingerprint density at radius 3 is 2.63 bits per heavy atom. The van der Waals surface area contributed by atoms with Crippen LogP contribution in [-0.2, 0) is 6.42 Å². The molecule has 1 N–H and O–H groups in total. The molecule has 11 heteroatoms. The molecule has 1 saturated heterocycles. The van der Waals surface area contributed by atoms with E-state index in [1.165, 1.54) is 18.4 Å². The first kappa shape index (κ1) is 25.7. The minimum Gasteiger partial charge on any atom is -0.493 e. The topological polar surface area (TPSA) is 127 Å². The Labute approximate surface area is 220 Å². The average Bonchev–Trinajstić information content (AvgIpc) is 3.63. The van der Waals surface area contributed by atoms with Gasteiger partial charge in [-0.05, 0) is 59.7 Å². The molecule has 0 bridgehead atoms. The molecule has 1 aliphatic carbocycles. The van der Waals surface area contributed by atoms with Crippen molar-refractivity contribution in [2.75, 3.05) is 38.2 Å². The van der Waals surface area contributed by atoms with Crippen molar-refractivity contribution in [2.24, 2.45) is 0 Å². The summed E-state index contributed by atoms with van der Waals surface area (Å²) in [5.41, 5.74) is 2.22. The molecule has 2 heterocycles. The first-order valence-electron chi connectivity index (χ1n) is 13.0. The molecular weight excluding hydrogens is 488 g/mol. The minimum absolute atomic E-state index is 0.0327. The Hall–Kier alpha value is -3.99. The molecular formula is C27H32N6O5. The van der Waals surface area contributed by atoms with Crippen molar-refractivity contribution in [3.8, 4) is 11.5 Å². The van der Waals surface area contributed by atoms with E-state index >= 15 is 0 Å². The summed E-state index contributed by atoms with van der Waals surface area (Å²) in [5, 5.41) is 16.9. The highest BCUT2D eigenvalue weighted by Crippen LogP contribution is 2.35. The van der Waals surface area contributed by atoms with Crippen LogP contribution in [0.4, 0.5) is 11.6 Å². The van der Waals surface area contributed by atoms with Crippen LogP contribution in [0.3, 0.4) is 0 Å². The number of carbonyl (C=O) groups is 1. The van der Waals surface area contributed by atoms with Crippen molar-refractivity contribution >= 4 is 17.4 Å². The van der Waals surface area contributed by atoms with Gasteiger partial charge in [-0.25, -0.2) is 0 Å². The molecule has 1 aromatic heterocycles. The molecule has 0 spiro atoms. The first-order valence-corrected chi connectivity index (χ1v) is 13.0. The first-order chi connectivity index (χ1) is 18.5. The maximum absolute atomic E-state index is 12.9. The number of nitro groups is 1. The zero-order valence-corrected chi connectivity index (χ0v) is 21.4. The van der Waals surface area contributed by atoms with E-state index in [2.05, 4.69) is 43.2 Å². The van der Waals surface area contributed by atoms with Gasteiger partial charge in [0, 0.05) is 37.4 Å². The van der Waals surface area contributed by atoms with E-state index in [9.17, 15) is 14.9 Å². The third-order valence-electron chi connectivity index (χ3n) is 7.27. The summed E-state index contributed by atoms with van der Waals surface area (Å²) in [6.45, 7) is 2.13. The Bertz CT molecular complexity index is 1260. The predicted octanol–water partition coefficient (Wildman–Crippen LogP) is 3.66. The van der Waals surface area contributed by atoms with Crippen LogP contribution in [0, 0.1) is 10.1 Å². The van der Waals surface area contributed by atoms with E-state index in [1.807, 2.05) is 30.3 Å². The Kier molecular flexibility index (Phi) is 7.83. The van der Waals surface area contributed by atoms with Crippen molar-refractivity contribution in [3.63, 3.8) is 0 Å². The second kappa shape index (κ2) is 11.6. The van der Waals surface area contributed by atoms with Crippen molar-refractivity contribution in [1.82, 2.24) is 20.1 Å². The van der Waals surface area contributed by atoms with Gasteiger partial charge < -0.3 is 24.5 Å². The second-order valence-electron chi connectivity index (χ2n) is 9.78. The lowest BCUT2D eigenvalue weighted by Gasteiger charge is -2.42. The molecule has 38 heavy (non-hydrogen) atoms. The zero-order valence-electron chi connectivity index (χ0n) is 21.4. The van der Waals surface area contributed by atoms with Gasteiger partial charge in [0.15, 0.2) is 11.5 Å². The highest BCUT2D eigenvalue weighted by atomic mass is 16.6. The molecule has 2 aliphatic rings. The van der Waals surface area contributed by atoms with E-state index in [4.69, 9.17) is 9.47 Å². The number of Topliss-reactive ketones (excluding diaryl/α,β-unsaturated/α-hetero) is 1. The SMILES string of the molecule is COc1ccc(N2CCN(CC(=O)c3n[nH]c([N+](=O)[O-])n3)[C@@H](Cc3ccccc3)C2)cc1OC1CCCC1. The summed E-state index contributed by atoms with van der Waals surface area (Å²) in [5.74, 6) is 0.444. The average molecular weight is 521 g/mol. The van der Waals surface area contributed by atoms with Crippen LogP contribution < -0.4 is 14.4 Å². The van der Waals surface area contributed by atoms with E-state index in [0.29, 0.717) is 19.6 Å². The van der Waals surface area contributed by atoms with Gasteiger partial charge in [0.2, 0.25) is 5.78 Å². The molecule has 0 amide bonds. The molecule has 1 atom stereocenters. The number of anilines is 1. The number of carbonyl (C=O) groups excluding carboxylic acids is 1. The van der Waals surface area contributed by atoms with E-state index in [1.54, 1.807) is 7.11 Å². The molecule has 5 rings (SSSR count). The van der Waals surface area contributed by atoms with E-state index in [-0.39, 0.29) is 30.3 Å². The molecule has 0 unspecified atom stereocenters. The molecule has 1 saturated carbocycles. The monoisotopic (exact) mass is 520 g/mol. The van der Waals surface area contributed by atoms with Crippen LogP contribution in [0.1, 0.15) is 41.9 Å². The van der Waals surface area contributed by atoms with E-state index in [0.717, 1.165) is 36.4 Å². The lowest BCUT2D eigenvalue weighted by atomic mass is 10.0. The third-order valence-corrected chi connectivity index (χ3v) is 7.27. The number of nitrogens with one attached hydrogen (secondary N) is 1. The van der Waals surface area contributed by atoms with Gasteiger partial charge in [-0.2, -0.15) is 0 Å². The number of ether oxygens (including phenoxy) is 2. The van der Waals surface area contributed by atoms with Gasteiger partial charge >= 0.3 is 11.8 Å². The van der Waals surface area contributed by atoms with Crippen molar-refractivity contribution in [3.05, 3.63) is 70.0 Å². The van der Waals surface area contributed by atoms with E-state index < -0.39 is 10.9 Å². The normalized spacial score (nSPS) is 18.4. The summed E-state index contributed by atoms with van der Waals surface area (Å²) in [4.78, 5) is 31.3. The molecule has 1 aliphatic heterocycles. The molecule has 11 nitrogen and oxygen atoms in total. The molecule has 0 radical (unpaired) electrons. The van der Waals surface area contributed by atoms with Gasteiger partial charge in [0.25, 0.3) is 0 Å². The molecule has 2 aromatic carbocycles. The van der Waals surface area contributed by atoms with Crippen molar-refractivity contribution in [1.29, 1.82) is 0 Å². The second-order valence-corrected chi connectivity index (χ2v) is 9.78. The van der Waals surface area contributed by atoms with Crippen LogP contribution in [0.5, 0.6) is 11.5 Å². The maximum atomic E-state index is 12.9. The van der Waals surface area contributed by atoms with Gasteiger partial charge in [-0.1, -0.05) is 35.4 Å². The lowest BCUT2D eigenvalue weighted by molar-refractivity contribution is -0.394. The summed E-state index contributed by atoms with van der Waals surface area (Å²) in [6.07, 6.45) is 5.48. The summed E-state index contributed by atoms with van der Waals surface area (Å²) >= 11 is 0. The van der Waals surface area contributed by atoms with Gasteiger partial charge in [0.1, 0.15) is 0 Å². The highest BCUT2D eigenvalue weighted by molar-refractivity contribution is 5.94. The van der Waals surface area contributed by atoms with Crippen LogP contribution in [0.2, 0.25) is 0 Å². The number of aromatic amines is 1. The zero-order chi connectivity index (χ0) is 26.5. The third kappa shape index (κ3) is 5.94. The van der Waals surface area contributed by atoms with Crippen LogP contribution in [-0.4, -0.2) is 76.2 Å². The number of hydrogen-bond acceptors (Lipinski definition) is 9. The number of benzene rings is 2. The fraction of sp³-hybridized carbons (Fsp3) is 0.444. The number of H-pyrrole nitrogens is 1. The summed E-state index contributed by atoms with van der Waals surface area (Å²) in [6, 6.07) is 16.3. The molecule has 2 fully saturated rings. The number of piperazine rings is 1. The van der Waals surface area contributed by atoms with Gasteiger partial charge in [-0.15, -0.1) is 5.10 Å². The standard InChI is InChI=1S/C27H32N6O5/c1-37-24-12-11-20(16-25(24)38-22-9-5-6-10-22)31-13-14-32(21(17-31)15-19-7-3-2-4-8-19)18-23(34)26-28-27(30-29-26)33(35)36/h2-4,7-8,11-12,16,21-22H,5-6,9-10,13-15,17-18H2,1H3,(H,28,29,30)/t21-/m0/s1. The van der Waals surface area contributed by atoms with Gasteiger partial charge in [0.05, 0.1) is 19.8 Å². The Morgan fingerprint density at radius 1 is 1.13 bits per heavy atom. The number of ketones is 1. The van der Waals surface area contributed by atoms with Crippen molar-refractivity contribution in [2.45, 2.75) is 44.2 Å². The van der Waals surface area contributed by atoms with Crippen molar-refractivity contribution < 1.29 is 19.2 Å². The highest BCUT2D eigenvalue weighted by Gasteiger charge is 2.32. The Balaban J connectivity index is 1.34. The summed E-state index contributed by atoms with van der Waals surface area (Å²) < 4.78 is 11.9. The number of nitrogens with zero attached hydrogens (tertiary/aromatic N) is 5. The van der Waals surface area contributed by atoms with Gasteiger partial charge in [-0.3, -0.25) is 9.69 Å². The molecule has 200 valence electrons. The number of rotatable bonds is 10. The fourth-order valence-corrected chi connectivity index (χ4v) is 5.27. The van der Waals surface area contributed by atoms with Crippen LogP contribution in [0.15, 0.2) is 48.5 Å². The predicted molar refractivity (Wildman–Crippen MR) is 141 cm³/mol. The smallest absolute Gasteiger partial charge is 0.453 e. The lowest BCUT2D eigenvalue weighted by Crippen LogP contribution is -2.55. The Morgan fingerprint density at radius 2 is 1.92 bits per heavy atom. The largest absolute Gasteiger partial charge is 0.493 e. The minimum atomic E-state index is -0.694. The summed E-state index contributed by atoms with van der Waals surface area (Å²) in [7, 11) is 1.66. The van der Waals surface area contributed by atoms with Crippen LogP contribution >= 0.6 is 0 Å². The number of methoxy groups -OCH3 is 1. The van der Waals surface area contributed by atoms with Crippen LogP contribution in [0.25, 0.3) is 0 Å². The maximum Gasteiger partial charge on any atom is 0.453 e. The number of hydrogen-bond donors (Lipinski definition) is 1. The fourth-order valence-electron chi connectivity index (χ4n) is 5.27.